The highest BCUT2D eigenvalue weighted by Crippen LogP contribution is 2.14. The minimum absolute atomic E-state index is 0.0708. The van der Waals surface area contributed by atoms with Gasteiger partial charge in [-0.25, -0.2) is 0 Å². The van der Waals surface area contributed by atoms with Gasteiger partial charge in [-0.3, -0.25) is 4.79 Å². The Labute approximate surface area is 132 Å². The molecule has 2 rings (SSSR count). The standard InChI is InChI=1S/C19H23NO2/c1-3-20(15-14-16-8-6-5-7-9-16)19(21)17-10-12-18(13-11-17)22-4-2/h5-13H,3-4,14-15H2,1-2H3. The molecule has 116 valence electrons. The molecule has 0 aliphatic carbocycles. The summed E-state index contributed by atoms with van der Waals surface area (Å²) in [6.45, 7) is 6.02. The van der Waals surface area contributed by atoms with Gasteiger partial charge in [0, 0.05) is 18.7 Å². The molecular formula is C19H23NO2. The van der Waals surface area contributed by atoms with Crippen molar-refractivity contribution in [2.24, 2.45) is 0 Å². The molecule has 22 heavy (non-hydrogen) atoms. The van der Waals surface area contributed by atoms with E-state index in [1.165, 1.54) is 5.56 Å². The molecule has 0 unspecified atom stereocenters. The molecule has 3 nitrogen and oxygen atoms in total. The van der Waals surface area contributed by atoms with E-state index in [-0.39, 0.29) is 5.91 Å². The van der Waals surface area contributed by atoms with Gasteiger partial charge >= 0.3 is 0 Å². The van der Waals surface area contributed by atoms with Gasteiger partial charge in [-0.2, -0.15) is 0 Å². The number of carbonyl (C=O) groups excluding carboxylic acids is 1. The lowest BCUT2D eigenvalue weighted by molar-refractivity contribution is 0.0766. The Kier molecular flexibility index (Phi) is 6.01. The molecule has 0 aromatic heterocycles. The highest BCUT2D eigenvalue weighted by molar-refractivity contribution is 5.94. The van der Waals surface area contributed by atoms with Gasteiger partial charge in [0.05, 0.1) is 6.61 Å². The van der Waals surface area contributed by atoms with Gasteiger partial charge in [0.2, 0.25) is 0 Å². The second-order valence-electron chi connectivity index (χ2n) is 5.08. The van der Waals surface area contributed by atoms with Gasteiger partial charge in [-0.1, -0.05) is 30.3 Å². The minimum atomic E-state index is 0.0708. The van der Waals surface area contributed by atoms with E-state index in [9.17, 15) is 4.79 Å². The zero-order valence-electron chi connectivity index (χ0n) is 13.3. The molecule has 0 saturated heterocycles. The first-order valence-corrected chi connectivity index (χ1v) is 7.80. The fraction of sp³-hybridized carbons (Fsp3) is 0.316. The molecule has 1 amide bonds. The van der Waals surface area contributed by atoms with Crippen LogP contribution in [0, 0.1) is 0 Å². The van der Waals surface area contributed by atoms with E-state index in [1.54, 1.807) is 0 Å². The summed E-state index contributed by atoms with van der Waals surface area (Å²) in [5.41, 5.74) is 1.96. The third-order valence-electron chi connectivity index (χ3n) is 3.59. The molecule has 0 fully saturated rings. The first kappa shape index (κ1) is 16.1. The van der Waals surface area contributed by atoms with Crippen molar-refractivity contribution in [3.8, 4) is 5.75 Å². The van der Waals surface area contributed by atoms with Crippen LogP contribution in [0.1, 0.15) is 29.8 Å². The summed E-state index contributed by atoms with van der Waals surface area (Å²) in [5, 5.41) is 0. The molecule has 0 saturated carbocycles. The van der Waals surface area contributed by atoms with E-state index >= 15 is 0 Å². The van der Waals surface area contributed by atoms with Crippen LogP contribution < -0.4 is 4.74 Å². The van der Waals surface area contributed by atoms with Crippen molar-refractivity contribution >= 4 is 5.91 Å². The maximum Gasteiger partial charge on any atom is 0.253 e. The first-order chi connectivity index (χ1) is 10.7. The van der Waals surface area contributed by atoms with Crippen LogP contribution in [-0.2, 0) is 6.42 Å². The molecule has 3 heteroatoms. The predicted molar refractivity (Wildman–Crippen MR) is 89.3 cm³/mol. The summed E-state index contributed by atoms with van der Waals surface area (Å²) in [4.78, 5) is 14.4. The SMILES string of the molecule is CCOc1ccc(C(=O)N(CC)CCc2ccccc2)cc1. The number of ether oxygens (including phenoxy) is 1. The fourth-order valence-corrected chi connectivity index (χ4v) is 2.35. The molecule has 0 radical (unpaired) electrons. The molecule has 0 aliphatic heterocycles. The highest BCUT2D eigenvalue weighted by Gasteiger charge is 2.14. The first-order valence-electron chi connectivity index (χ1n) is 7.80. The molecule has 2 aromatic carbocycles. The summed E-state index contributed by atoms with van der Waals surface area (Å²) in [5.74, 6) is 0.868. The lowest BCUT2D eigenvalue weighted by Gasteiger charge is -2.21. The Bertz CT molecular complexity index is 578. The second kappa shape index (κ2) is 8.23. The number of likely N-dealkylation sites (N-methyl/N-ethyl adjacent to an activating group) is 1. The quantitative estimate of drug-likeness (QED) is 0.778. The van der Waals surface area contributed by atoms with Gasteiger partial charge in [0.15, 0.2) is 0 Å². The Balaban J connectivity index is 1.98. The van der Waals surface area contributed by atoms with Crippen molar-refractivity contribution in [3.05, 3.63) is 65.7 Å². The monoisotopic (exact) mass is 297 g/mol. The van der Waals surface area contributed by atoms with Gasteiger partial charge in [0.1, 0.15) is 5.75 Å². The van der Waals surface area contributed by atoms with Gasteiger partial charge in [-0.05, 0) is 50.1 Å². The van der Waals surface area contributed by atoms with Crippen LogP contribution in [0.15, 0.2) is 54.6 Å². The van der Waals surface area contributed by atoms with Crippen molar-refractivity contribution in [2.45, 2.75) is 20.3 Å². The van der Waals surface area contributed by atoms with Crippen molar-refractivity contribution in [3.63, 3.8) is 0 Å². The topological polar surface area (TPSA) is 29.5 Å². The third-order valence-corrected chi connectivity index (χ3v) is 3.59. The highest BCUT2D eigenvalue weighted by atomic mass is 16.5. The zero-order chi connectivity index (χ0) is 15.8. The summed E-state index contributed by atoms with van der Waals surface area (Å²) in [6.07, 6.45) is 0.872. The van der Waals surface area contributed by atoms with E-state index in [0.29, 0.717) is 18.7 Å². The van der Waals surface area contributed by atoms with Crippen molar-refractivity contribution in [1.29, 1.82) is 0 Å². The number of carbonyl (C=O) groups is 1. The van der Waals surface area contributed by atoms with Crippen LogP contribution in [0.3, 0.4) is 0 Å². The van der Waals surface area contributed by atoms with Gasteiger partial charge in [0.25, 0.3) is 5.91 Å². The molecule has 0 atom stereocenters. The zero-order valence-corrected chi connectivity index (χ0v) is 13.3. The maximum atomic E-state index is 12.6. The Morgan fingerprint density at radius 2 is 1.68 bits per heavy atom. The lowest BCUT2D eigenvalue weighted by Crippen LogP contribution is -2.32. The van der Waals surface area contributed by atoms with Gasteiger partial charge in [-0.15, -0.1) is 0 Å². The Morgan fingerprint density at radius 3 is 2.27 bits per heavy atom. The summed E-state index contributed by atoms with van der Waals surface area (Å²) < 4.78 is 5.41. The van der Waals surface area contributed by atoms with Crippen LogP contribution in [0.5, 0.6) is 5.75 Å². The van der Waals surface area contributed by atoms with E-state index in [4.69, 9.17) is 4.74 Å². The molecule has 0 bridgehead atoms. The summed E-state index contributed by atoms with van der Waals surface area (Å²) in [6, 6.07) is 17.6. The van der Waals surface area contributed by atoms with Crippen LogP contribution in [0.2, 0.25) is 0 Å². The smallest absolute Gasteiger partial charge is 0.253 e. The summed E-state index contributed by atoms with van der Waals surface area (Å²) >= 11 is 0. The summed E-state index contributed by atoms with van der Waals surface area (Å²) in [7, 11) is 0. The number of hydrogen-bond acceptors (Lipinski definition) is 2. The van der Waals surface area contributed by atoms with Crippen molar-refractivity contribution in [1.82, 2.24) is 4.90 Å². The van der Waals surface area contributed by atoms with Crippen molar-refractivity contribution in [2.75, 3.05) is 19.7 Å². The number of rotatable bonds is 7. The largest absolute Gasteiger partial charge is 0.494 e. The average Bonchev–Trinajstić information content (AvgIpc) is 2.57. The van der Waals surface area contributed by atoms with Gasteiger partial charge < -0.3 is 9.64 Å². The molecule has 2 aromatic rings. The molecule has 0 aliphatic rings. The van der Waals surface area contributed by atoms with Crippen LogP contribution >= 0.6 is 0 Å². The fourth-order valence-electron chi connectivity index (χ4n) is 2.35. The average molecular weight is 297 g/mol. The Morgan fingerprint density at radius 1 is 1.00 bits per heavy atom. The maximum absolute atomic E-state index is 12.6. The van der Waals surface area contributed by atoms with E-state index < -0.39 is 0 Å². The van der Waals surface area contributed by atoms with E-state index in [0.717, 1.165) is 18.7 Å². The predicted octanol–water partition coefficient (Wildman–Crippen LogP) is 3.79. The number of benzene rings is 2. The lowest BCUT2D eigenvalue weighted by atomic mass is 10.1. The Hall–Kier alpha value is -2.29. The molecule has 0 spiro atoms. The number of nitrogens with zero attached hydrogens (tertiary/aromatic N) is 1. The van der Waals surface area contributed by atoms with Crippen LogP contribution in [-0.4, -0.2) is 30.5 Å². The molecule has 0 N–H and O–H groups in total. The van der Waals surface area contributed by atoms with Crippen LogP contribution in [0.25, 0.3) is 0 Å². The van der Waals surface area contributed by atoms with Crippen molar-refractivity contribution < 1.29 is 9.53 Å². The second-order valence-corrected chi connectivity index (χ2v) is 5.08. The third kappa shape index (κ3) is 4.35. The van der Waals surface area contributed by atoms with E-state index in [2.05, 4.69) is 12.1 Å². The van der Waals surface area contributed by atoms with Crippen LogP contribution in [0.4, 0.5) is 0 Å². The van der Waals surface area contributed by atoms with E-state index in [1.807, 2.05) is 61.2 Å². The minimum Gasteiger partial charge on any atom is -0.494 e. The molecular weight excluding hydrogens is 274 g/mol. The number of amides is 1. The normalized spacial score (nSPS) is 10.3. The number of hydrogen-bond donors (Lipinski definition) is 0. The molecule has 0 heterocycles.